The number of rotatable bonds is 5. The lowest BCUT2D eigenvalue weighted by Gasteiger charge is -2.35. The third-order valence-corrected chi connectivity index (χ3v) is 6.43. The Morgan fingerprint density at radius 2 is 0.938 bits per heavy atom. The topological polar surface area (TPSA) is 65.2 Å². The normalized spacial score (nSPS) is 13.0. The molecule has 4 rings (SSSR count). The van der Waals surface area contributed by atoms with Crippen LogP contribution in [0.3, 0.4) is 0 Å². The number of hydrogen-bond donors (Lipinski definition) is 2. The van der Waals surface area contributed by atoms with E-state index in [1.54, 1.807) is 24.6 Å². The van der Waals surface area contributed by atoms with Crippen LogP contribution in [0.15, 0.2) is 82.8 Å². The number of nitrogens with zero attached hydrogens (tertiary/aromatic N) is 2. The minimum absolute atomic E-state index is 0.199. The second-order valence-corrected chi connectivity index (χ2v) is 9.07. The van der Waals surface area contributed by atoms with Crippen molar-refractivity contribution in [1.29, 1.82) is 0 Å². The molecule has 162 valence electrons. The van der Waals surface area contributed by atoms with Gasteiger partial charge in [-0.1, -0.05) is 60.7 Å². The van der Waals surface area contributed by atoms with Crippen molar-refractivity contribution in [2.24, 2.45) is 9.98 Å². The summed E-state index contributed by atoms with van der Waals surface area (Å²) in [5.41, 5.74) is 0.241. The minimum atomic E-state index is -0.576. The van der Waals surface area contributed by atoms with Gasteiger partial charge in [0, 0.05) is 23.6 Å². The summed E-state index contributed by atoms with van der Waals surface area (Å²) < 4.78 is 0. The summed E-state index contributed by atoms with van der Waals surface area (Å²) in [6.45, 7) is 8.08. The number of fused-ring (bicyclic) bond motifs is 2. The molecule has 4 heteroatoms. The number of aliphatic imine (C=N–C) groups is 2. The Balaban J connectivity index is 1.69. The van der Waals surface area contributed by atoms with Crippen LogP contribution in [0.1, 0.15) is 38.8 Å². The Kier molecular flexibility index (Phi) is 5.47. The lowest BCUT2D eigenvalue weighted by Crippen LogP contribution is -2.42. The molecule has 0 aliphatic rings. The SMILES string of the molecule is CC(C)(N=Cc1c(O)ccc2ccccc12)C(C)(C)N=Cc1c(O)ccc2ccccc12. The van der Waals surface area contributed by atoms with E-state index in [9.17, 15) is 10.2 Å². The maximum atomic E-state index is 10.4. The van der Waals surface area contributed by atoms with E-state index in [2.05, 4.69) is 0 Å². The van der Waals surface area contributed by atoms with Gasteiger partial charge in [-0.25, -0.2) is 0 Å². The van der Waals surface area contributed by atoms with E-state index >= 15 is 0 Å². The lowest BCUT2D eigenvalue weighted by atomic mass is 9.83. The van der Waals surface area contributed by atoms with Gasteiger partial charge >= 0.3 is 0 Å². The van der Waals surface area contributed by atoms with E-state index in [0.29, 0.717) is 11.1 Å². The van der Waals surface area contributed by atoms with Crippen LogP contribution >= 0.6 is 0 Å². The zero-order valence-corrected chi connectivity index (χ0v) is 18.9. The van der Waals surface area contributed by atoms with Gasteiger partial charge in [0.1, 0.15) is 11.5 Å². The molecule has 4 aromatic rings. The van der Waals surface area contributed by atoms with Crippen molar-refractivity contribution in [3.8, 4) is 11.5 Å². The van der Waals surface area contributed by atoms with Crippen LogP contribution in [0.5, 0.6) is 11.5 Å². The molecule has 0 saturated heterocycles. The summed E-state index contributed by atoms with van der Waals surface area (Å²) in [7, 11) is 0. The zero-order chi connectivity index (χ0) is 22.9. The molecule has 0 bridgehead atoms. The summed E-state index contributed by atoms with van der Waals surface area (Å²) in [5.74, 6) is 0.399. The van der Waals surface area contributed by atoms with Crippen molar-refractivity contribution in [3.05, 3.63) is 83.9 Å². The van der Waals surface area contributed by atoms with E-state index < -0.39 is 11.1 Å². The highest BCUT2D eigenvalue weighted by Crippen LogP contribution is 2.32. The standard InChI is InChI=1S/C28H28N2O2/c1-27(2,29-17-23-21-11-7-5-9-19(21)13-15-25(23)31)28(3,4)30-18-24-22-12-8-6-10-20(22)14-16-26(24)32/h5-18,31-32H,1-4H3. The van der Waals surface area contributed by atoms with E-state index in [1.165, 1.54) is 0 Å². The Hall–Kier alpha value is -3.66. The van der Waals surface area contributed by atoms with Crippen LogP contribution in [0.2, 0.25) is 0 Å². The molecule has 2 N–H and O–H groups in total. The molecule has 0 aliphatic heterocycles. The maximum Gasteiger partial charge on any atom is 0.124 e. The summed E-state index contributed by atoms with van der Waals surface area (Å²) in [6, 6.07) is 23.1. The summed E-state index contributed by atoms with van der Waals surface area (Å²) in [4.78, 5) is 9.69. The average molecular weight is 425 g/mol. The molecule has 0 spiro atoms. The third kappa shape index (κ3) is 3.96. The van der Waals surface area contributed by atoms with E-state index in [0.717, 1.165) is 21.5 Å². The zero-order valence-electron chi connectivity index (χ0n) is 18.9. The molecule has 0 aromatic heterocycles. The van der Waals surface area contributed by atoms with Gasteiger partial charge in [-0.05, 0) is 61.4 Å². The molecule has 4 nitrogen and oxygen atoms in total. The van der Waals surface area contributed by atoms with E-state index in [-0.39, 0.29) is 11.5 Å². The van der Waals surface area contributed by atoms with Crippen molar-refractivity contribution in [2.75, 3.05) is 0 Å². The second-order valence-electron chi connectivity index (χ2n) is 9.07. The van der Waals surface area contributed by atoms with Crippen LogP contribution in [-0.4, -0.2) is 33.7 Å². The fourth-order valence-electron chi connectivity index (χ4n) is 3.61. The average Bonchev–Trinajstić information content (AvgIpc) is 2.77. The largest absolute Gasteiger partial charge is 0.507 e. The monoisotopic (exact) mass is 424 g/mol. The van der Waals surface area contributed by atoms with Gasteiger partial charge in [-0.15, -0.1) is 0 Å². The number of benzene rings is 4. The van der Waals surface area contributed by atoms with Crippen LogP contribution in [-0.2, 0) is 0 Å². The predicted molar refractivity (Wildman–Crippen MR) is 135 cm³/mol. The first-order valence-corrected chi connectivity index (χ1v) is 10.7. The van der Waals surface area contributed by atoms with Crippen molar-refractivity contribution >= 4 is 34.0 Å². The highest BCUT2D eigenvalue weighted by molar-refractivity contribution is 6.03. The van der Waals surface area contributed by atoms with Gasteiger partial charge < -0.3 is 10.2 Å². The Labute approximate surface area is 188 Å². The third-order valence-electron chi connectivity index (χ3n) is 6.43. The van der Waals surface area contributed by atoms with Gasteiger partial charge in [0.05, 0.1) is 11.1 Å². The molecule has 0 unspecified atom stereocenters. The van der Waals surface area contributed by atoms with Crippen molar-refractivity contribution in [1.82, 2.24) is 0 Å². The summed E-state index contributed by atoms with van der Waals surface area (Å²) in [5, 5.41) is 24.9. The first kappa shape index (κ1) is 21.6. The van der Waals surface area contributed by atoms with Gasteiger partial charge in [-0.3, -0.25) is 9.98 Å². The fraction of sp³-hybridized carbons (Fsp3) is 0.214. The summed E-state index contributed by atoms with van der Waals surface area (Å²) in [6.07, 6.45) is 3.48. The van der Waals surface area contributed by atoms with Crippen molar-refractivity contribution < 1.29 is 10.2 Å². The number of aromatic hydroxyl groups is 2. The molecule has 0 aliphatic carbocycles. The molecule has 32 heavy (non-hydrogen) atoms. The predicted octanol–water partition coefficient (Wildman–Crippen LogP) is 6.50. The molecule has 0 saturated carbocycles. The van der Waals surface area contributed by atoms with E-state index in [1.807, 2.05) is 88.4 Å². The number of hydrogen-bond acceptors (Lipinski definition) is 4. The molecular formula is C28H28N2O2. The Bertz CT molecular complexity index is 1250. The van der Waals surface area contributed by atoms with Crippen molar-refractivity contribution in [2.45, 2.75) is 38.8 Å². The minimum Gasteiger partial charge on any atom is -0.507 e. The van der Waals surface area contributed by atoms with Gasteiger partial charge in [-0.2, -0.15) is 0 Å². The van der Waals surface area contributed by atoms with Crippen LogP contribution < -0.4 is 0 Å². The Morgan fingerprint density at radius 1 is 0.562 bits per heavy atom. The highest BCUT2D eigenvalue weighted by atomic mass is 16.3. The molecular weight excluding hydrogens is 396 g/mol. The first-order valence-electron chi connectivity index (χ1n) is 10.7. The first-order chi connectivity index (χ1) is 15.2. The van der Waals surface area contributed by atoms with Crippen LogP contribution in [0, 0.1) is 0 Å². The number of phenols is 2. The maximum absolute atomic E-state index is 10.4. The molecule has 0 amide bonds. The number of phenolic OH excluding ortho intramolecular Hbond substituents is 2. The quantitative estimate of drug-likeness (QED) is 0.359. The Morgan fingerprint density at radius 3 is 1.34 bits per heavy atom. The fourth-order valence-corrected chi connectivity index (χ4v) is 3.61. The highest BCUT2D eigenvalue weighted by Gasteiger charge is 2.36. The molecule has 0 heterocycles. The van der Waals surface area contributed by atoms with Crippen molar-refractivity contribution in [3.63, 3.8) is 0 Å². The summed E-state index contributed by atoms with van der Waals surface area (Å²) >= 11 is 0. The lowest BCUT2D eigenvalue weighted by molar-refractivity contribution is 0.317. The second kappa shape index (κ2) is 8.12. The van der Waals surface area contributed by atoms with Crippen LogP contribution in [0.25, 0.3) is 21.5 Å². The van der Waals surface area contributed by atoms with Gasteiger partial charge in [0.15, 0.2) is 0 Å². The molecule has 4 aromatic carbocycles. The van der Waals surface area contributed by atoms with Crippen LogP contribution in [0.4, 0.5) is 0 Å². The van der Waals surface area contributed by atoms with Gasteiger partial charge in [0.25, 0.3) is 0 Å². The molecule has 0 radical (unpaired) electrons. The van der Waals surface area contributed by atoms with E-state index in [4.69, 9.17) is 9.98 Å². The molecule has 0 fully saturated rings. The smallest absolute Gasteiger partial charge is 0.124 e. The molecule has 0 atom stereocenters. The van der Waals surface area contributed by atoms with Gasteiger partial charge in [0.2, 0.25) is 0 Å².